The van der Waals surface area contributed by atoms with Gasteiger partial charge in [0.05, 0.1) is 5.92 Å². The molecule has 3 aromatic carbocycles. The third-order valence-corrected chi connectivity index (χ3v) is 8.10. The molecule has 2 aliphatic heterocycles. The number of nitrogens with zero attached hydrogens (tertiary/aromatic N) is 1. The first-order valence-corrected chi connectivity index (χ1v) is 12.5. The molecule has 0 spiro atoms. The van der Waals surface area contributed by atoms with Gasteiger partial charge in [0.15, 0.2) is 0 Å². The van der Waals surface area contributed by atoms with Crippen LogP contribution in [0.1, 0.15) is 77.5 Å². The van der Waals surface area contributed by atoms with Gasteiger partial charge in [0.1, 0.15) is 11.4 Å². The first-order chi connectivity index (χ1) is 15.8. The molecule has 2 nitrogen and oxygen atoms in total. The van der Waals surface area contributed by atoms with E-state index in [0.717, 1.165) is 18.8 Å². The van der Waals surface area contributed by atoms with Crippen LogP contribution < -0.4 is 46.9 Å². The summed E-state index contributed by atoms with van der Waals surface area (Å²) in [6.07, 6.45) is 2.42. The molecule has 0 saturated carbocycles. The summed E-state index contributed by atoms with van der Waals surface area (Å²) in [5, 5.41) is 0. The van der Waals surface area contributed by atoms with E-state index in [9.17, 15) is 0 Å². The van der Waals surface area contributed by atoms with Crippen LogP contribution in [0.3, 0.4) is 0 Å². The molecule has 0 aromatic heterocycles. The minimum atomic E-state index is -0.265. The molecule has 37 heavy (non-hydrogen) atoms. The third-order valence-electron chi connectivity index (χ3n) is 8.10. The molecular formula is C31H37AlCl3NO. The number of piperidine rings is 1. The average molecular weight is 573 g/mol. The number of ether oxygens (including phenoxy) is 1. The molecule has 0 N–H and O–H groups in total. The van der Waals surface area contributed by atoms with Crippen LogP contribution in [0.25, 0.3) is 0 Å². The van der Waals surface area contributed by atoms with Gasteiger partial charge in [-0.2, -0.15) is 0 Å². The maximum Gasteiger partial charge on any atom is 3.00 e. The second kappa shape index (κ2) is 13.1. The maximum absolute atomic E-state index is 6.68. The summed E-state index contributed by atoms with van der Waals surface area (Å²) in [5.41, 5.74) is 10.8. The topological polar surface area (TPSA) is 12.5 Å². The van der Waals surface area contributed by atoms with Gasteiger partial charge in [0, 0.05) is 24.3 Å². The zero-order valence-corrected chi connectivity index (χ0v) is 26.2. The minimum absolute atomic E-state index is 0. The molecule has 2 heterocycles. The summed E-state index contributed by atoms with van der Waals surface area (Å²) in [4.78, 5) is 2.65. The quantitative estimate of drug-likeness (QED) is 0.345. The Morgan fingerprint density at radius 1 is 0.730 bits per heavy atom. The van der Waals surface area contributed by atoms with Crippen molar-refractivity contribution in [3.63, 3.8) is 0 Å². The zero-order valence-electron chi connectivity index (χ0n) is 22.7. The van der Waals surface area contributed by atoms with E-state index in [1.165, 1.54) is 57.5 Å². The zero-order chi connectivity index (χ0) is 23.3. The molecule has 1 fully saturated rings. The Morgan fingerprint density at radius 3 is 1.86 bits per heavy atom. The molecule has 1 saturated heterocycles. The van der Waals surface area contributed by atoms with Gasteiger partial charge in [-0.1, -0.05) is 60.2 Å². The molecule has 0 unspecified atom stereocenters. The Bertz CT molecular complexity index is 1170. The third kappa shape index (κ3) is 6.13. The molecule has 2 aliphatic rings. The second-order valence-electron chi connectivity index (χ2n) is 10.7. The van der Waals surface area contributed by atoms with Gasteiger partial charge >= 0.3 is 17.4 Å². The van der Waals surface area contributed by atoms with Crippen molar-refractivity contribution in [1.29, 1.82) is 0 Å². The van der Waals surface area contributed by atoms with Crippen LogP contribution in [0.15, 0.2) is 54.6 Å². The van der Waals surface area contributed by atoms with Crippen molar-refractivity contribution in [2.24, 2.45) is 0 Å². The molecule has 0 amide bonds. The molecule has 0 bridgehead atoms. The Hall–Kier alpha value is -1.34. The van der Waals surface area contributed by atoms with Crippen LogP contribution in [0.5, 0.6) is 5.75 Å². The van der Waals surface area contributed by atoms with Gasteiger partial charge in [-0.15, -0.1) is 0 Å². The first-order valence-electron chi connectivity index (χ1n) is 12.5. The predicted molar refractivity (Wildman–Crippen MR) is 145 cm³/mol. The van der Waals surface area contributed by atoms with Crippen LogP contribution in [-0.4, -0.2) is 36.1 Å². The number of hydrogen-bond acceptors (Lipinski definition) is 2. The van der Waals surface area contributed by atoms with Crippen molar-refractivity contribution >= 4 is 23.0 Å². The largest absolute Gasteiger partial charge is 3.00 e. The number of halogens is 3. The van der Waals surface area contributed by atoms with Crippen molar-refractivity contribution in [2.45, 2.75) is 71.8 Å². The molecule has 1 atom stereocenters. The van der Waals surface area contributed by atoms with Gasteiger partial charge in [-0.3, -0.25) is 0 Å². The normalized spacial score (nSPS) is 17.8. The number of fused-ring (bicyclic) bond motifs is 1. The fraction of sp³-hybridized carbons (Fsp3) is 0.419. The van der Waals surface area contributed by atoms with Crippen LogP contribution in [-0.2, 0) is 0 Å². The number of benzene rings is 3. The fourth-order valence-corrected chi connectivity index (χ4v) is 6.24. The van der Waals surface area contributed by atoms with E-state index in [1.807, 2.05) is 0 Å². The van der Waals surface area contributed by atoms with Gasteiger partial charge in [-0.25, -0.2) is 0 Å². The summed E-state index contributed by atoms with van der Waals surface area (Å²) >= 11 is 0. The van der Waals surface area contributed by atoms with Crippen molar-refractivity contribution < 1.29 is 42.0 Å². The van der Waals surface area contributed by atoms with E-state index in [-0.39, 0.29) is 66.1 Å². The van der Waals surface area contributed by atoms with Crippen LogP contribution >= 0.6 is 0 Å². The summed E-state index contributed by atoms with van der Waals surface area (Å²) < 4.78 is 6.68. The van der Waals surface area contributed by atoms with Crippen molar-refractivity contribution in [3.05, 3.63) is 93.5 Å². The van der Waals surface area contributed by atoms with Crippen LogP contribution in [0, 0.1) is 27.7 Å². The van der Waals surface area contributed by atoms with Crippen LogP contribution in [0.2, 0.25) is 0 Å². The molecular weight excluding hydrogens is 536 g/mol. The van der Waals surface area contributed by atoms with Crippen molar-refractivity contribution in [2.75, 3.05) is 18.0 Å². The van der Waals surface area contributed by atoms with Gasteiger partial charge in [0.2, 0.25) is 0 Å². The van der Waals surface area contributed by atoms with Gasteiger partial charge < -0.3 is 46.9 Å². The standard InChI is InChI=1S/C31H37NO.Al.3ClH/c1-20-12-14-26(15-13-20)28-27-23(4)29(21(2)22(3)30(27)33-31(28,5)6)32-18-16-25(17-19-32)24-10-8-7-9-11-24;;;;/h7-15,25,28H,16-19H2,1-6H3;;3*1H/q;+3;;;/p-3/t28-;;;;/m1..../s1. The number of aryl methyl sites for hydroxylation is 1. The van der Waals surface area contributed by atoms with E-state index in [0.29, 0.717) is 5.92 Å². The van der Waals surface area contributed by atoms with Gasteiger partial charge in [-0.05, 0) is 88.1 Å². The van der Waals surface area contributed by atoms with E-state index >= 15 is 0 Å². The van der Waals surface area contributed by atoms with Crippen molar-refractivity contribution in [1.82, 2.24) is 0 Å². The van der Waals surface area contributed by atoms with E-state index < -0.39 is 0 Å². The Morgan fingerprint density at radius 2 is 1.30 bits per heavy atom. The SMILES string of the molecule is Cc1ccc([C@@H]2c3c(C)c(N4CCC(c5ccccc5)CC4)c(C)c(C)c3OC2(C)C)cc1.[Al+3].[Cl-].[Cl-].[Cl-]. The summed E-state index contributed by atoms with van der Waals surface area (Å²) in [6, 6.07) is 20.1. The first kappa shape index (κ1) is 33.7. The summed E-state index contributed by atoms with van der Waals surface area (Å²) in [7, 11) is 0. The Balaban J connectivity index is 0.00000171. The summed E-state index contributed by atoms with van der Waals surface area (Å²) in [5.74, 6) is 2.03. The predicted octanol–water partition coefficient (Wildman–Crippen LogP) is -1.76. The molecule has 196 valence electrons. The Kier molecular flexibility index (Phi) is 12.0. The number of anilines is 1. The van der Waals surface area contributed by atoms with Crippen LogP contribution in [0.4, 0.5) is 5.69 Å². The Labute approximate surface area is 252 Å². The van der Waals surface area contributed by atoms with E-state index in [4.69, 9.17) is 4.74 Å². The maximum atomic E-state index is 6.68. The molecule has 3 aromatic rings. The smallest absolute Gasteiger partial charge is 1.00 e. The molecule has 0 radical (unpaired) electrons. The van der Waals surface area contributed by atoms with Gasteiger partial charge in [0.25, 0.3) is 0 Å². The van der Waals surface area contributed by atoms with Crippen molar-refractivity contribution in [3.8, 4) is 5.75 Å². The average Bonchev–Trinajstić information content (AvgIpc) is 3.11. The van der Waals surface area contributed by atoms with E-state index in [2.05, 4.69) is 101 Å². The second-order valence-corrected chi connectivity index (χ2v) is 10.7. The monoisotopic (exact) mass is 571 g/mol. The number of rotatable bonds is 3. The molecule has 5 rings (SSSR count). The molecule has 0 aliphatic carbocycles. The fourth-order valence-electron chi connectivity index (χ4n) is 6.24. The van der Waals surface area contributed by atoms with E-state index in [1.54, 1.807) is 0 Å². The molecule has 6 heteroatoms. The summed E-state index contributed by atoms with van der Waals surface area (Å²) in [6.45, 7) is 15.7. The minimum Gasteiger partial charge on any atom is -1.00 e. The number of hydrogen-bond donors (Lipinski definition) is 0.